The van der Waals surface area contributed by atoms with Crippen molar-refractivity contribution in [3.63, 3.8) is 0 Å². The first-order valence-corrected chi connectivity index (χ1v) is 8.14. The molecule has 0 saturated carbocycles. The third-order valence-electron chi connectivity index (χ3n) is 4.40. The number of nitrogens with zero attached hydrogens (tertiary/aromatic N) is 5. The van der Waals surface area contributed by atoms with Crippen LogP contribution in [0.1, 0.15) is 5.56 Å². The fourth-order valence-corrected chi connectivity index (χ4v) is 3.34. The van der Waals surface area contributed by atoms with Crippen LogP contribution in [0.15, 0.2) is 42.9 Å². The third-order valence-corrected chi connectivity index (χ3v) is 4.63. The standard InChI is InChI=1S/C17H18ClN5/c1-13-2-3-14(18)12-16(13)21-8-10-22(11-9-21)17-15-4-5-20-23(15)7-6-19-17/h2-7,12H,8-11H2,1H3. The van der Waals surface area contributed by atoms with Gasteiger partial charge in [-0.15, -0.1) is 0 Å². The lowest BCUT2D eigenvalue weighted by molar-refractivity contribution is 0.646. The summed E-state index contributed by atoms with van der Waals surface area (Å²) in [6, 6.07) is 8.10. The van der Waals surface area contributed by atoms with Gasteiger partial charge in [-0.05, 0) is 30.7 Å². The number of anilines is 2. The summed E-state index contributed by atoms with van der Waals surface area (Å²) in [6.45, 7) is 5.91. The molecule has 4 rings (SSSR count). The van der Waals surface area contributed by atoms with Gasteiger partial charge in [0.15, 0.2) is 5.82 Å². The molecule has 0 spiro atoms. The van der Waals surface area contributed by atoms with Crippen molar-refractivity contribution in [2.45, 2.75) is 6.92 Å². The lowest BCUT2D eigenvalue weighted by atomic mass is 10.1. The second-order valence-corrected chi connectivity index (χ2v) is 6.25. The number of aromatic nitrogens is 3. The summed E-state index contributed by atoms with van der Waals surface area (Å²) in [5.41, 5.74) is 3.55. The van der Waals surface area contributed by atoms with Crippen molar-refractivity contribution in [3.05, 3.63) is 53.4 Å². The quantitative estimate of drug-likeness (QED) is 0.725. The van der Waals surface area contributed by atoms with Gasteiger partial charge in [-0.3, -0.25) is 0 Å². The van der Waals surface area contributed by atoms with Crippen molar-refractivity contribution in [1.29, 1.82) is 0 Å². The Morgan fingerprint density at radius 1 is 1.00 bits per heavy atom. The zero-order chi connectivity index (χ0) is 15.8. The van der Waals surface area contributed by atoms with Crippen molar-refractivity contribution in [3.8, 4) is 0 Å². The van der Waals surface area contributed by atoms with Gasteiger partial charge < -0.3 is 9.80 Å². The number of hydrogen-bond donors (Lipinski definition) is 0. The highest BCUT2D eigenvalue weighted by molar-refractivity contribution is 6.30. The van der Waals surface area contributed by atoms with Gasteiger partial charge in [0.05, 0.1) is 6.20 Å². The van der Waals surface area contributed by atoms with Crippen LogP contribution in [0.2, 0.25) is 5.02 Å². The fraction of sp³-hybridized carbons (Fsp3) is 0.294. The normalized spacial score (nSPS) is 15.4. The summed E-state index contributed by atoms with van der Waals surface area (Å²) in [7, 11) is 0. The molecule has 1 aromatic carbocycles. The highest BCUT2D eigenvalue weighted by atomic mass is 35.5. The fourth-order valence-electron chi connectivity index (χ4n) is 3.17. The minimum atomic E-state index is 0.790. The average Bonchev–Trinajstić information content (AvgIpc) is 3.06. The van der Waals surface area contributed by atoms with E-state index in [0.29, 0.717) is 0 Å². The molecule has 0 atom stereocenters. The molecule has 3 heterocycles. The lowest BCUT2D eigenvalue weighted by Gasteiger charge is -2.37. The first-order valence-electron chi connectivity index (χ1n) is 7.77. The number of piperazine rings is 1. The van der Waals surface area contributed by atoms with E-state index in [9.17, 15) is 0 Å². The minimum absolute atomic E-state index is 0.790. The molecule has 1 aliphatic rings. The zero-order valence-electron chi connectivity index (χ0n) is 13.0. The van der Waals surface area contributed by atoms with Crippen LogP contribution < -0.4 is 9.80 Å². The van der Waals surface area contributed by atoms with Gasteiger partial charge in [0.2, 0.25) is 0 Å². The first-order chi connectivity index (χ1) is 11.2. The van der Waals surface area contributed by atoms with Crippen LogP contribution in [0.4, 0.5) is 11.5 Å². The summed E-state index contributed by atoms with van der Waals surface area (Å²) in [4.78, 5) is 9.28. The molecular weight excluding hydrogens is 310 g/mol. The van der Waals surface area contributed by atoms with Gasteiger partial charge in [-0.2, -0.15) is 5.10 Å². The lowest BCUT2D eigenvalue weighted by Crippen LogP contribution is -2.47. The minimum Gasteiger partial charge on any atom is -0.368 e. The van der Waals surface area contributed by atoms with E-state index in [1.54, 1.807) is 0 Å². The second-order valence-electron chi connectivity index (χ2n) is 5.82. The maximum absolute atomic E-state index is 6.16. The topological polar surface area (TPSA) is 36.7 Å². The number of rotatable bonds is 2. The Labute approximate surface area is 140 Å². The Hall–Kier alpha value is -2.27. The number of fused-ring (bicyclic) bond motifs is 1. The Kier molecular flexibility index (Phi) is 3.58. The van der Waals surface area contributed by atoms with Crippen LogP contribution in [-0.4, -0.2) is 40.8 Å². The van der Waals surface area contributed by atoms with E-state index >= 15 is 0 Å². The maximum Gasteiger partial charge on any atom is 0.154 e. The van der Waals surface area contributed by atoms with E-state index in [0.717, 1.165) is 42.5 Å². The van der Waals surface area contributed by atoms with Gasteiger partial charge in [0.1, 0.15) is 5.52 Å². The molecule has 1 saturated heterocycles. The maximum atomic E-state index is 6.16. The smallest absolute Gasteiger partial charge is 0.154 e. The molecule has 0 aliphatic carbocycles. The van der Waals surface area contributed by atoms with Gasteiger partial charge in [-0.25, -0.2) is 9.50 Å². The molecule has 0 unspecified atom stereocenters. The van der Waals surface area contributed by atoms with E-state index in [2.05, 4.69) is 38.9 Å². The highest BCUT2D eigenvalue weighted by Crippen LogP contribution is 2.27. The second kappa shape index (κ2) is 5.74. The van der Waals surface area contributed by atoms with Gasteiger partial charge >= 0.3 is 0 Å². The van der Waals surface area contributed by atoms with Crippen LogP contribution in [0.5, 0.6) is 0 Å². The van der Waals surface area contributed by atoms with Gasteiger partial charge in [-0.1, -0.05) is 17.7 Å². The molecule has 1 aliphatic heterocycles. The highest BCUT2D eigenvalue weighted by Gasteiger charge is 2.21. The zero-order valence-corrected chi connectivity index (χ0v) is 13.7. The number of aryl methyl sites for hydroxylation is 1. The van der Waals surface area contributed by atoms with Crippen molar-refractivity contribution in [2.24, 2.45) is 0 Å². The summed E-state index contributed by atoms with van der Waals surface area (Å²) >= 11 is 6.16. The first kappa shape index (κ1) is 14.3. The van der Waals surface area contributed by atoms with Gasteiger partial charge in [0.25, 0.3) is 0 Å². The molecule has 1 fully saturated rings. The van der Waals surface area contributed by atoms with Crippen molar-refractivity contribution < 1.29 is 0 Å². The summed E-state index contributed by atoms with van der Waals surface area (Å²) < 4.78 is 1.87. The summed E-state index contributed by atoms with van der Waals surface area (Å²) in [5, 5.41) is 5.07. The molecule has 3 aromatic rings. The predicted octanol–water partition coefficient (Wildman–Crippen LogP) is 3.02. The van der Waals surface area contributed by atoms with E-state index in [-0.39, 0.29) is 0 Å². The van der Waals surface area contributed by atoms with Crippen LogP contribution in [-0.2, 0) is 0 Å². The largest absolute Gasteiger partial charge is 0.368 e. The third kappa shape index (κ3) is 2.61. The van der Waals surface area contributed by atoms with Crippen molar-refractivity contribution in [2.75, 3.05) is 36.0 Å². The van der Waals surface area contributed by atoms with Crippen molar-refractivity contribution in [1.82, 2.24) is 14.6 Å². The average molecular weight is 328 g/mol. The van der Waals surface area contributed by atoms with Crippen LogP contribution >= 0.6 is 11.6 Å². The van der Waals surface area contributed by atoms with E-state index in [1.165, 1.54) is 11.3 Å². The molecule has 5 nitrogen and oxygen atoms in total. The molecule has 6 heteroatoms. The molecule has 0 N–H and O–H groups in total. The van der Waals surface area contributed by atoms with Crippen LogP contribution in [0.25, 0.3) is 5.52 Å². The molecule has 2 aromatic heterocycles. The molecule has 118 valence electrons. The molecule has 0 amide bonds. The Morgan fingerprint density at radius 3 is 2.61 bits per heavy atom. The number of benzene rings is 1. The molecular formula is C17H18ClN5. The molecule has 0 radical (unpaired) electrons. The molecule has 23 heavy (non-hydrogen) atoms. The Bertz CT molecular complexity index is 836. The van der Waals surface area contributed by atoms with E-state index in [4.69, 9.17) is 11.6 Å². The SMILES string of the molecule is Cc1ccc(Cl)cc1N1CCN(c2nccn3nccc23)CC1. The van der Waals surface area contributed by atoms with E-state index < -0.39 is 0 Å². The summed E-state index contributed by atoms with van der Waals surface area (Å²) in [6.07, 6.45) is 5.50. The van der Waals surface area contributed by atoms with Crippen LogP contribution in [0.3, 0.4) is 0 Å². The van der Waals surface area contributed by atoms with Gasteiger partial charge in [0, 0.05) is 49.3 Å². The summed E-state index contributed by atoms with van der Waals surface area (Å²) in [5.74, 6) is 1.01. The van der Waals surface area contributed by atoms with Crippen LogP contribution in [0, 0.1) is 6.92 Å². The number of hydrogen-bond acceptors (Lipinski definition) is 4. The number of halogens is 1. The van der Waals surface area contributed by atoms with Crippen molar-refractivity contribution >= 4 is 28.6 Å². The Morgan fingerprint density at radius 2 is 1.78 bits per heavy atom. The predicted molar refractivity (Wildman–Crippen MR) is 93.6 cm³/mol. The van der Waals surface area contributed by atoms with E-state index in [1.807, 2.05) is 35.2 Å². The Balaban J connectivity index is 1.55. The molecule has 0 bridgehead atoms. The monoisotopic (exact) mass is 327 g/mol.